The number of nitrogens with zero attached hydrogens (tertiary/aromatic N) is 1. The molecule has 3 rings (SSSR count). The quantitative estimate of drug-likeness (QED) is 0.637. The van der Waals surface area contributed by atoms with Crippen molar-refractivity contribution in [2.45, 2.75) is 13.0 Å². The third-order valence-corrected chi connectivity index (χ3v) is 4.73. The van der Waals surface area contributed by atoms with Crippen LogP contribution in [0.1, 0.15) is 28.9 Å². The second-order valence-electron chi connectivity index (χ2n) is 6.83. The number of carbonyl (C=O) groups is 2. The molecule has 148 valence electrons. The van der Waals surface area contributed by atoms with Crippen LogP contribution in [0.2, 0.25) is 0 Å². The minimum absolute atomic E-state index is 0.0660. The zero-order valence-corrected chi connectivity index (χ0v) is 16.6. The van der Waals surface area contributed by atoms with Crippen LogP contribution in [-0.2, 0) is 4.79 Å². The molecule has 1 unspecified atom stereocenters. The molecule has 0 saturated heterocycles. The highest BCUT2D eigenvalue weighted by molar-refractivity contribution is 5.97. The van der Waals surface area contributed by atoms with Crippen LogP contribution in [-0.4, -0.2) is 25.4 Å². The molecule has 3 aromatic carbocycles. The fourth-order valence-corrected chi connectivity index (χ4v) is 2.97. The van der Waals surface area contributed by atoms with E-state index in [1.165, 1.54) is 0 Å². The Kier molecular flexibility index (Phi) is 6.63. The zero-order chi connectivity index (χ0) is 20.6. The number of hydrogen-bond donors (Lipinski definition) is 2. The summed E-state index contributed by atoms with van der Waals surface area (Å²) < 4.78 is 0. The van der Waals surface area contributed by atoms with Crippen LogP contribution in [0, 0.1) is 0 Å². The van der Waals surface area contributed by atoms with Crippen molar-refractivity contribution in [3.8, 4) is 0 Å². The van der Waals surface area contributed by atoms with Gasteiger partial charge in [-0.05, 0) is 42.8 Å². The molecule has 0 saturated carbocycles. The van der Waals surface area contributed by atoms with E-state index < -0.39 is 0 Å². The van der Waals surface area contributed by atoms with Crippen molar-refractivity contribution in [1.82, 2.24) is 5.32 Å². The third-order valence-electron chi connectivity index (χ3n) is 4.73. The molecule has 0 aliphatic carbocycles. The monoisotopic (exact) mass is 387 g/mol. The van der Waals surface area contributed by atoms with Crippen LogP contribution in [0.15, 0.2) is 84.9 Å². The first-order valence-electron chi connectivity index (χ1n) is 9.56. The molecule has 0 spiro atoms. The molecule has 0 bridgehead atoms. The molecule has 0 radical (unpaired) electrons. The molecule has 0 aliphatic heterocycles. The van der Waals surface area contributed by atoms with Gasteiger partial charge in [0.15, 0.2) is 0 Å². The largest absolute Gasteiger partial charge is 0.376 e. The van der Waals surface area contributed by atoms with Crippen molar-refractivity contribution in [2.75, 3.05) is 23.8 Å². The lowest BCUT2D eigenvalue weighted by Crippen LogP contribution is -2.32. The third kappa shape index (κ3) is 5.45. The van der Waals surface area contributed by atoms with E-state index in [2.05, 4.69) is 10.6 Å². The van der Waals surface area contributed by atoms with Crippen LogP contribution in [0.5, 0.6) is 0 Å². The van der Waals surface area contributed by atoms with Crippen molar-refractivity contribution < 1.29 is 9.59 Å². The van der Waals surface area contributed by atoms with Crippen molar-refractivity contribution in [3.63, 3.8) is 0 Å². The summed E-state index contributed by atoms with van der Waals surface area (Å²) in [7, 11) is 1.74. The van der Waals surface area contributed by atoms with Gasteiger partial charge in [-0.25, -0.2) is 0 Å². The van der Waals surface area contributed by atoms with E-state index in [-0.39, 0.29) is 24.4 Å². The van der Waals surface area contributed by atoms with Gasteiger partial charge in [-0.3, -0.25) is 9.59 Å². The maximum absolute atomic E-state index is 12.6. The summed E-state index contributed by atoms with van der Waals surface area (Å²) in [4.78, 5) is 26.6. The van der Waals surface area contributed by atoms with Gasteiger partial charge in [-0.2, -0.15) is 0 Å². The molecule has 0 heterocycles. The highest BCUT2D eigenvalue weighted by Gasteiger charge is 2.13. The molecule has 2 amide bonds. The van der Waals surface area contributed by atoms with Crippen molar-refractivity contribution in [2.24, 2.45) is 0 Å². The molecule has 5 heteroatoms. The summed E-state index contributed by atoms with van der Waals surface area (Å²) in [6.07, 6.45) is 0. The fraction of sp³-hybridized carbons (Fsp3) is 0.167. The van der Waals surface area contributed by atoms with Gasteiger partial charge < -0.3 is 15.5 Å². The lowest BCUT2D eigenvalue weighted by atomic mass is 10.1. The Balaban J connectivity index is 1.59. The van der Waals surface area contributed by atoms with Crippen molar-refractivity contribution >= 4 is 23.2 Å². The number of anilines is 2. The van der Waals surface area contributed by atoms with E-state index in [1.54, 1.807) is 30.1 Å². The van der Waals surface area contributed by atoms with E-state index in [1.807, 2.05) is 73.7 Å². The summed E-state index contributed by atoms with van der Waals surface area (Å²) in [6, 6.07) is 26.3. The second-order valence-corrected chi connectivity index (χ2v) is 6.83. The van der Waals surface area contributed by atoms with Gasteiger partial charge in [-0.1, -0.05) is 54.6 Å². The van der Waals surface area contributed by atoms with E-state index >= 15 is 0 Å². The number of carbonyl (C=O) groups excluding carboxylic acids is 2. The molecule has 0 fully saturated rings. The van der Waals surface area contributed by atoms with Gasteiger partial charge in [0, 0.05) is 24.0 Å². The molecular weight excluding hydrogens is 362 g/mol. The summed E-state index contributed by atoms with van der Waals surface area (Å²) in [5, 5.41) is 6.11. The van der Waals surface area contributed by atoms with Crippen molar-refractivity contribution in [3.05, 3.63) is 96.1 Å². The van der Waals surface area contributed by atoms with E-state index in [4.69, 9.17) is 0 Å². The van der Waals surface area contributed by atoms with Gasteiger partial charge in [0.2, 0.25) is 5.91 Å². The molecule has 5 nitrogen and oxygen atoms in total. The number of nitrogens with one attached hydrogen (secondary N) is 2. The number of para-hydroxylation sites is 1. The standard InChI is InChI=1S/C24H25N3O2/c1-18(19-10-5-3-6-11-19)26-24(29)20-12-9-13-21(16-20)25-17-23(28)27(2)22-14-7-4-8-15-22/h3-16,18,25H,17H2,1-2H3,(H,26,29). The normalized spacial score (nSPS) is 11.4. The Morgan fingerprint density at radius 3 is 2.24 bits per heavy atom. The molecule has 1 atom stereocenters. The molecule has 0 aliphatic rings. The average molecular weight is 387 g/mol. The first kappa shape index (κ1) is 20.1. The lowest BCUT2D eigenvalue weighted by Gasteiger charge is -2.18. The minimum Gasteiger partial charge on any atom is -0.376 e. The molecule has 29 heavy (non-hydrogen) atoms. The van der Waals surface area contributed by atoms with Crippen LogP contribution in [0.25, 0.3) is 0 Å². The highest BCUT2D eigenvalue weighted by Crippen LogP contribution is 2.15. The van der Waals surface area contributed by atoms with Crippen LogP contribution < -0.4 is 15.5 Å². The summed E-state index contributed by atoms with van der Waals surface area (Å²) in [5.41, 5.74) is 3.15. The second kappa shape index (κ2) is 9.55. The maximum atomic E-state index is 12.6. The summed E-state index contributed by atoms with van der Waals surface area (Å²) in [5.74, 6) is -0.221. The maximum Gasteiger partial charge on any atom is 0.251 e. The molecular formula is C24H25N3O2. The zero-order valence-electron chi connectivity index (χ0n) is 16.6. The minimum atomic E-state index is -0.155. The van der Waals surface area contributed by atoms with Crippen LogP contribution >= 0.6 is 0 Å². The topological polar surface area (TPSA) is 61.4 Å². The van der Waals surface area contributed by atoms with Gasteiger partial charge in [0.1, 0.15) is 0 Å². The summed E-state index contributed by atoms with van der Waals surface area (Å²) >= 11 is 0. The van der Waals surface area contributed by atoms with Crippen LogP contribution in [0.3, 0.4) is 0 Å². The predicted octanol–water partition coefficient (Wildman–Crippen LogP) is 4.25. The molecule has 3 aromatic rings. The van der Waals surface area contributed by atoms with E-state index in [0.717, 1.165) is 16.9 Å². The Morgan fingerprint density at radius 2 is 1.55 bits per heavy atom. The smallest absolute Gasteiger partial charge is 0.251 e. The molecule has 0 aromatic heterocycles. The Labute approximate surface area is 171 Å². The summed E-state index contributed by atoms with van der Waals surface area (Å²) in [6.45, 7) is 2.09. The van der Waals surface area contributed by atoms with E-state index in [9.17, 15) is 9.59 Å². The molecule has 2 N–H and O–H groups in total. The number of amides is 2. The van der Waals surface area contributed by atoms with Gasteiger partial charge in [0.25, 0.3) is 5.91 Å². The van der Waals surface area contributed by atoms with Gasteiger partial charge in [0.05, 0.1) is 12.6 Å². The lowest BCUT2D eigenvalue weighted by molar-refractivity contribution is -0.116. The fourth-order valence-electron chi connectivity index (χ4n) is 2.97. The SMILES string of the molecule is CC(NC(=O)c1cccc(NCC(=O)N(C)c2ccccc2)c1)c1ccccc1. The van der Waals surface area contributed by atoms with Gasteiger partial charge in [-0.15, -0.1) is 0 Å². The van der Waals surface area contributed by atoms with Gasteiger partial charge >= 0.3 is 0 Å². The Hall–Kier alpha value is -3.60. The highest BCUT2D eigenvalue weighted by atomic mass is 16.2. The predicted molar refractivity (Wildman–Crippen MR) is 117 cm³/mol. The van der Waals surface area contributed by atoms with Crippen molar-refractivity contribution in [1.29, 1.82) is 0 Å². The van der Waals surface area contributed by atoms with E-state index in [0.29, 0.717) is 5.56 Å². The number of likely N-dealkylation sites (N-methyl/N-ethyl adjacent to an activating group) is 1. The Morgan fingerprint density at radius 1 is 0.897 bits per heavy atom. The average Bonchev–Trinajstić information content (AvgIpc) is 2.78. The first-order chi connectivity index (χ1) is 14.0. The number of benzene rings is 3. The van der Waals surface area contributed by atoms with Crippen LogP contribution in [0.4, 0.5) is 11.4 Å². The first-order valence-corrected chi connectivity index (χ1v) is 9.56. The number of rotatable bonds is 7. The Bertz CT molecular complexity index is 958. The number of hydrogen-bond acceptors (Lipinski definition) is 3.